The molecule has 0 amide bonds. The summed E-state index contributed by atoms with van der Waals surface area (Å²) in [6.07, 6.45) is -2.78. The van der Waals surface area contributed by atoms with Gasteiger partial charge in [-0.15, -0.1) is 0 Å². The SMILES string of the molecule is Cn1ncc2c(N3CCN(c4ccc(F)cc4)CC3)nc(-c3cccc(C(F)(F)F)c3)nc21. The van der Waals surface area contributed by atoms with E-state index in [1.54, 1.807) is 36.1 Å². The molecule has 0 atom stereocenters. The Balaban J connectivity index is 1.48. The molecule has 1 saturated heterocycles. The number of piperazine rings is 1. The van der Waals surface area contributed by atoms with Gasteiger partial charge in [-0.1, -0.05) is 12.1 Å². The van der Waals surface area contributed by atoms with Gasteiger partial charge in [0.05, 0.1) is 17.1 Å². The van der Waals surface area contributed by atoms with Gasteiger partial charge in [0.1, 0.15) is 11.6 Å². The fourth-order valence-electron chi connectivity index (χ4n) is 4.04. The Labute approximate surface area is 187 Å². The van der Waals surface area contributed by atoms with Gasteiger partial charge in [0, 0.05) is 44.5 Å². The third-order valence-corrected chi connectivity index (χ3v) is 5.79. The number of anilines is 2. The third kappa shape index (κ3) is 4.08. The minimum Gasteiger partial charge on any atom is -0.368 e. The average Bonchev–Trinajstić information content (AvgIpc) is 3.19. The number of benzene rings is 2. The van der Waals surface area contributed by atoms with Crippen molar-refractivity contribution in [2.75, 3.05) is 36.0 Å². The van der Waals surface area contributed by atoms with Crippen LogP contribution in [0.5, 0.6) is 0 Å². The zero-order valence-electron chi connectivity index (χ0n) is 17.7. The second kappa shape index (κ2) is 8.02. The Kier molecular flexibility index (Phi) is 5.15. The molecule has 33 heavy (non-hydrogen) atoms. The molecule has 0 saturated carbocycles. The molecule has 1 aliphatic heterocycles. The van der Waals surface area contributed by atoms with Gasteiger partial charge in [-0.25, -0.2) is 14.4 Å². The maximum atomic E-state index is 13.2. The van der Waals surface area contributed by atoms with E-state index in [1.807, 2.05) is 0 Å². The summed E-state index contributed by atoms with van der Waals surface area (Å²) in [6, 6.07) is 11.4. The Morgan fingerprint density at radius 3 is 2.27 bits per heavy atom. The lowest BCUT2D eigenvalue weighted by atomic mass is 10.1. The van der Waals surface area contributed by atoms with Crippen LogP contribution >= 0.6 is 0 Å². The molecule has 0 aliphatic carbocycles. The number of alkyl halides is 3. The predicted molar refractivity (Wildman–Crippen MR) is 118 cm³/mol. The van der Waals surface area contributed by atoms with Crippen LogP contribution in [-0.2, 0) is 13.2 Å². The number of aromatic nitrogens is 4. The lowest BCUT2D eigenvalue weighted by Gasteiger charge is -2.37. The summed E-state index contributed by atoms with van der Waals surface area (Å²) in [4.78, 5) is 13.4. The van der Waals surface area contributed by atoms with Crippen molar-refractivity contribution in [3.63, 3.8) is 0 Å². The maximum absolute atomic E-state index is 13.2. The van der Waals surface area contributed by atoms with Gasteiger partial charge in [0.25, 0.3) is 0 Å². The van der Waals surface area contributed by atoms with Crippen LogP contribution in [-0.4, -0.2) is 45.9 Å². The molecule has 0 spiro atoms. The Hall–Kier alpha value is -3.69. The van der Waals surface area contributed by atoms with E-state index in [2.05, 4.69) is 24.9 Å². The Morgan fingerprint density at radius 1 is 0.879 bits per heavy atom. The molecule has 3 heterocycles. The summed E-state index contributed by atoms with van der Waals surface area (Å²) < 4.78 is 54.5. The van der Waals surface area contributed by atoms with Gasteiger partial charge in [-0.2, -0.15) is 18.3 Å². The topological polar surface area (TPSA) is 50.1 Å². The van der Waals surface area contributed by atoms with Crippen LogP contribution in [0.1, 0.15) is 5.56 Å². The van der Waals surface area contributed by atoms with E-state index in [-0.39, 0.29) is 11.6 Å². The zero-order chi connectivity index (χ0) is 23.2. The number of nitrogens with zero attached hydrogens (tertiary/aromatic N) is 6. The Bertz CT molecular complexity index is 1290. The minimum absolute atomic E-state index is 0.216. The minimum atomic E-state index is -4.45. The summed E-state index contributed by atoms with van der Waals surface area (Å²) in [7, 11) is 1.74. The van der Waals surface area contributed by atoms with Crippen LogP contribution in [0, 0.1) is 5.82 Å². The molecule has 6 nitrogen and oxygen atoms in total. The Morgan fingerprint density at radius 2 is 1.58 bits per heavy atom. The summed E-state index contributed by atoms with van der Waals surface area (Å²) in [5.74, 6) is 0.576. The van der Waals surface area contributed by atoms with E-state index >= 15 is 0 Å². The van der Waals surface area contributed by atoms with Crippen molar-refractivity contribution >= 4 is 22.5 Å². The highest BCUT2D eigenvalue weighted by atomic mass is 19.4. The largest absolute Gasteiger partial charge is 0.416 e. The van der Waals surface area contributed by atoms with Gasteiger partial charge >= 0.3 is 6.18 Å². The van der Waals surface area contributed by atoms with Crippen LogP contribution in [0.3, 0.4) is 0 Å². The molecular formula is C23H20F4N6. The van der Waals surface area contributed by atoms with Crippen molar-refractivity contribution in [3.05, 3.63) is 66.1 Å². The summed E-state index contributed by atoms with van der Waals surface area (Å²) in [6.45, 7) is 2.66. The molecule has 0 bridgehead atoms. The average molecular weight is 456 g/mol. The van der Waals surface area contributed by atoms with Gasteiger partial charge in [0.2, 0.25) is 0 Å². The second-order valence-corrected chi connectivity index (χ2v) is 7.91. The molecule has 0 unspecified atom stereocenters. The standard InChI is InChI=1S/C23H20F4N6/c1-31-21-19(14-28-31)22(30-20(29-21)15-3-2-4-16(13-15)23(25,26)27)33-11-9-32(10-12-33)18-7-5-17(24)6-8-18/h2-8,13-14H,9-12H2,1H3. The van der Waals surface area contributed by atoms with Crippen molar-refractivity contribution in [1.82, 2.24) is 19.7 Å². The van der Waals surface area contributed by atoms with Crippen LogP contribution in [0.25, 0.3) is 22.4 Å². The quantitative estimate of drug-likeness (QED) is 0.425. The lowest BCUT2D eigenvalue weighted by molar-refractivity contribution is -0.137. The second-order valence-electron chi connectivity index (χ2n) is 7.91. The number of hydrogen-bond acceptors (Lipinski definition) is 5. The monoisotopic (exact) mass is 456 g/mol. The predicted octanol–water partition coefficient (Wildman–Crippen LogP) is 4.51. The van der Waals surface area contributed by atoms with E-state index in [0.717, 1.165) is 23.2 Å². The highest BCUT2D eigenvalue weighted by Gasteiger charge is 2.31. The van der Waals surface area contributed by atoms with Crippen molar-refractivity contribution < 1.29 is 17.6 Å². The van der Waals surface area contributed by atoms with Crippen LogP contribution in [0.2, 0.25) is 0 Å². The van der Waals surface area contributed by atoms with E-state index < -0.39 is 11.7 Å². The van der Waals surface area contributed by atoms with Gasteiger partial charge in [-0.05, 0) is 36.4 Å². The van der Waals surface area contributed by atoms with Crippen molar-refractivity contribution in [3.8, 4) is 11.4 Å². The first-order chi connectivity index (χ1) is 15.8. The first kappa shape index (κ1) is 21.2. The number of aryl methyl sites for hydroxylation is 1. The summed E-state index contributed by atoms with van der Waals surface area (Å²) in [5.41, 5.74) is 1.03. The number of hydrogen-bond donors (Lipinski definition) is 0. The lowest BCUT2D eigenvalue weighted by Crippen LogP contribution is -2.47. The first-order valence-electron chi connectivity index (χ1n) is 10.4. The van der Waals surface area contributed by atoms with Gasteiger partial charge < -0.3 is 9.80 Å². The van der Waals surface area contributed by atoms with E-state index in [0.29, 0.717) is 43.2 Å². The highest BCUT2D eigenvalue weighted by Crippen LogP contribution is 2.33. The molecule has 2 aromatic carbocycles. The molecule has 0 N–H and O–H groups in total. The van der Waals surface area contributed by atoms with Gasteiger partial charge in [-0.3, -0.25) is 4.68 Å². The fourth-order valence-corrected chi connectivity index (χ4v) is 4.04. The van der Waals surface area contributed by atoms with Crippen LogP contribution < -0.4 is 9.80 Å². The molecule has 1 fully saturated rings. The molecule has 1 aliphatic rings. The zero-order valence-corrected chi connectivity index (χ0v) is 17.7. The number of halogens is 4. The maximum Gasteiger partial charge on any atom is 0.416 e. The summed E-state index contributed by atoms with van der Waals surface area (Å²) >= 11 is 0. The van der Waals surface area contributed by atoms with Gasteiger partial charge in [0.15, 0.2) is 11.5 Å². The molecule has 0 radical (unpaired) electrons. The van der Waals surface area contributed by atoms with Crippen molar-refractivity contribution in [1.29, 1.82) is 0 Å². The third-order valence-electron chi connectivity index (χ3n) is 5.79. The van der Waals surface area contributed by atoms with Crippen LogP contribution in [0.15, 0.2) is 54.7 Å². The highest BCUT2D eigenvalue weighted by molar-refractivity contribution is 5.89. The molecule has 5 rings (SSSR count). The van der Waals surface area contributed by atoms with Crippen LogP contribution in [0.4, 0.5) is 29.1 Å². The van der Waals surface area contributed by atoms with Crippen molar-refractivity contribution in [2.45, 2.75) is 6.18 Å². The first-order valence-corrected chi connectivity index (χ1v) is 10.4. The normalized spacial score (nSPS) is 14.8. The number of rotatable bonds is 3. The smallest absolute Gasteiger partial charge is 0.368 e. The molecule has 2 aromatic heterocycles. The van der Waals surface area contributed by atoms with Crippen molar-refractivity contribution in [2.24, 2.45) is 7.05 Å². The molecule has 170 valence electrons. The van der Waals surface area contributed by atoms with E-state index in [4.69, 9.17) is 0 Å². The summed E-state index contributed by atoms with van der Waals surface area (Å²) in [5, 5.41) is 5.01. The van der Waals surface area contributed by atoms with E-state index in [9.17, 15) is 17.6 Å². The molecule has 4 aromatic rings. The number of fused-ring (bicyclic) bond motifs is 1. The fraction of sp³-hybridized carbons (Fsp3) is 0.261. The molecule has 10 heteroatoms. The van der Waals surface area contributed by atoms with E-state index in [1.165, 1.54) is 18.2 Å². The molecular weight excluding hydrogens is 436 g/mol.